The minimum absolute atomic E-state index is 0. The van der Waals surface area contributed by atoms with Gasteiger partial charge in [-0.25, -0.2) is 4.99 Å². The summed E-state index contributed by atoms with van der Waals surface area (Å²) in [6, 6.07) is 0.156. The maximum Gasteiger partial charge on any atom is 0.243 e. The molecule has 30 heavy (non-hydrogen) atoms. The van der Waals surface area contributed by atoms with Crippen molar-refractivity contribution in [2.45, 2.75) is 45.3 Å². The highest BCUT2D eigenvalue weighted by Crippen LogP contribution is 2.12. The molecule has 2 N–H and O–H groups in total. The molecule has 2 rings (SSSR count). The molecular formula is C20H39IN6O3. The second-order valence-electron chi connectivity index (χ2n) is 8.28. The number of carbonyl (C=O) groups is 2. The van der Waals surface area contributed by atoms with Gasteiger partial charge in [-0.2, -0.15) is 0 Å². The van der Waals surface area contributed by atoms with Crippen LogP contribution >= 0.6 is 24.0 Å². The van der Waals surface area contributed by atoms with E-state index in [-0.39, 0.29) is 54.5 Å². The lowest BCUT2D eigenvalue weighted by Gasteiger charge is -2.37. The summed E-state index contributed by atoms with van der Waals surface area (Å²) in [5.74, 6) is 0.786. The molecule has 0 aliphatic carbocycles. The van der Waals surface area contributed by atoms with E-state index in [9.17, 15) is 9.59 Å². The zero-order valence-electron chi connectivity index (χ0n) is 18.9. The Morgan fingerprint density at radius 3 is 2.43 bits per heavy atom. The average Bonchev–Trinajstić information content (AvgIpc) is 2.68. The number of likely N-dealkylation sites (N-methyl/N-ethyl adjacent to an activating group) is 1. The smallest absolute Gasteiger partial charge is 0.243 e. The number of piperazine rings is 1. The quantitative estimate of drug-likeness (QED) is 0.277. The molecule has 0 saturated carbocycles. The summed E-state index contributed by atoms with van der Waals surface area (Å²) < 4.78 is 5.81. The summed E-state index contributed by atoms with van der Waals surface area (Å²) in [6.07, 6.45) is 3.56. The molecule has 0 aromatic rings. The number of rotatable bonds is 7. The Hall–Kier alpha value is -1.14. The molecule has 2 aliphatic heterocycles. The summed E-state index contributed by atoms with van der Waals surface area (Å²) in [7, 11) is 3.48. The van der Waals surface area contributed by atoms with Crippen LogP contribution in [0.4, 0.5) is 0 Å². The lowest BCUT2D eigenvalue weighted by atomic mass is 10.1. The Bertz CT molecular complexity index is 559. The van der Waals surface area contributed by atoms with Crippen LogP contribution in [0.2, 0.25) is 0 Å². The number of hydrogen-bond acceptors (Lipinski definition) is 5. The van der Waals surface area contributed by atoms with Crippen molar-refractivity contribution >= 4 is 41.8 Å². The molecule has 2 amide bonds. The molecule has 174 valence electrons. The minimum Gasteiger partial charge on any atom is -0.376 e. The Morgan fingerprint density at radius 2 is 1.87 bits per heavy atom. The molecule has 1 unspecified atom stereocenters. The number of nitrogens with one attached hydrogen (secondary N) is 2. The Morgan fingerprint density at radius 1 is 1.17 bits per heavy atom. The Labute approximate surface area is 198 Å². The molecule has 2 saturated heterocycles. The lowest BCUT2D eigenvalue weighted by Crippen LogP contribution is -2.55. The van der Waals surface area contributed by atoms with E-state index in [1.54, 1.807) is 19.0 Å². The van der Waals surface area contributed by atoms with Gasteiger partial charge in [0.2, 0.25) is 11.8 Å². The third-order valence-corrected chi connectivity index (χ3v) is 5.11. The number of amides is 2. The second-order valence-corrected chi connectivity index (χ2v) is 8.28. The molecule has 1 atom stereocenters. The van der Waals surface area contributed by atoms with E-state index >= 15 is 0 Å². The summed E-state index contributed by atoms with van der Waals surface area (Å²) >= 11 is 0. The molecule has 0 aromatic heterocycles. The van der Waals surface area contributed by atoms with Gasteiger partial charge in [0.25, 0.3) is 0 Å². The van der Waals surface area contributed by atoms with Gasteiger partial charge in [-0.1, -0.05) is 0 Å². The number of aliphatic imine (C=N–C) groups is 1. The van der Waals surface area contributed by atoms with Crippen LogP contribution in [0.3, 0.4) is 0 Å². The van der Waals surface area contributed by atoms with Gasteiger partial charge >= 0.3 is 0 Å². The van der Waals surface area contributed by atoms with E-state index in [1.807, 2.05) is 13.8 Å². The molecule has 2 heterocycles. The average molecular weight is 538 g/mol. The van der Waals surface area contributed by atoms with Crippen molar-refractivity contribution < 1.29 is 14.3 Å². The van der Waals surface area contributed by atoms with Crippen LogP contribution in [0, 0.1) is 0 Å². The first-order valence-corrected chi connectivity index (χ1v) is 10.7. The van der Waals surface area contributed by atoms with Gasteiger partial charge in [0, 0.05) is 59.5 Å². The van der Waals surface area contributed by atoms with Crippen LogP contribution in [-0.2, 0) is 14.3 Å². The molecule has 9 nitrogen and oxygen atoms in total. The number of hydrogen-bond donors (Lipinski definition) is 2. The number of halogens is 1. The molecule has 2 fully saturated rings. The van der Waals surface area contributed by atoms with Crippen LogP contribution in [0.5, 0.6) is 0 Å². The predicted molar refractivity (Wildman–Crippen MR) is 129 cm³/mol. The van der Waals surface area contributed by atoms with Crippen LogP contribution in [0.15, 0.2) is 4.99 Å². The van der Waals surface area contributed by atoms with Gasteiger partial charge in [0.1, 0.15) is 6.54 Å². The van der Waals surface area contributed by atoms with Gasteiger partial charge in [0.05, 0.1) is 12.6 Å². The van der Waals surface area contributed by atoms with E-state index in [1.165, 1.54) is 6.42 Å². The van der Waals surface area contributed by atoms with Crippen molar-refractivity contribution in [1.82, 2.24) is 25.3 Å². The summed E-state index contributed by atoms with van der Waals surface area (Å²) in [4.78, 5) is 34.4. The van der Waals surface area contributed by atoms with E-state index in [2.05, 4.69) is 25.4 Å². The van der Waals surface area contributed by atoms with Gasteiger partial charge in [-0.15, -0.1) is 24.0 Å². The lowest BCUT2D eigenvalue weighted by molar-refractivity contribution is -0.127. The topological polar surface area (TPSA) is 89.5 Å². The Kier molecular flexibility index (Phi) is 12.6. The van der Waals surface area contributed by atoms with Gasteiger partial charge < -0.3 is 25.2 Å². The van der Waals surface area contributed by atoms with Gasteiger partial charge in [-0.05, 0) is 33.1 Å². The van der Waals surface area contributed by atoms with Crippen LogP contribution in [0.1, 0.15) is 33.1 Å². The highest BCUT2D eigenvalue weighted by Gasteiger charge is 2.23. The van der Waals surface area contributed by atoms with Crippen molar-refractivity contribution in [1.29, 1.82) is 0 Å². The maximum absolute atomic E-state index is 12.0. The van der Waals surface area contributed by atoms with Crippen LogP contribution in [-0.4, -0.2) is 111 Å². The minimum atomic E-state index is -0.0257. The molecule has 10 heteroatoms. The maximum atomic E-state index is 12.0. The molecule has 0 spiro atoms. The van der Waals surface area contributed by atoms with Crippen molar-refractivity contribution in [3.63, 3.8) is 0 Å². The number of ether oxygens (including phenoxy) is 1. The zero-order chi connectivity index (χ0) is 21.2. The molecule has 0 radical (unpaired) electrons. The third-order valence-electron chi connectivity index (χ3n) is 5.11. The highest BCUT2D eigenvalue weighted by atomic mass is 127. The fraction of sp³-hybridized carbons (Fsp3) is 0.850. The van der Waals surface area contributed by atoms with E-state index in [0.29, 0.717) is 13.1 Å². The van der Waals surface area contributed by atoms with Crippen molar-refractivity contribution in [3.05, 3.63) is 0 Å². The third kappa shape index (κ3) is 9.78. The normalized spacial score (nSPS) is 20.5. The molecular weight excluding hydrogens is 499 g/mol. The van der Waals surface area contributed by atoms with Crippen molar-refractivity contribution in [3.8, 4) is 0 Å². The molecule has 0 aromatic carbocycles. The fourth-order valence-electron chi connectivity index (χ4n) is 3.41. The number of guanidine groups is 1. The van der Waals surface area contributed by atoms with Crippen LogP contribution in [0.25, 0.3) is 0 Å². The SMILES string of the molecule is CC(C)NC(=O)CN1CCN(C(=NCC(=O)N(C)C)NCC2CCCCO2)CC1.I. The van der Waals surface area contributed by atoms with E-state index in [0.717, 1.165) is 51.6 Å². The van der Waals surface area contributed by atoms with Crippen molar-refractivity contribution in [2.24, 2.45) is 4.99 Å². The van der Waals surface area contributed by atoms with Crippen LogP contribution < -0.4 is 10.6 Å². The van der Waals surface area contributed by atoms with Gasteiger partial charge in [0.15, 0.2) is 5.96 Å². The largest absolute Gasteiger partial charge is 0.376 e. The Balaban J connectivity index is 0.00000450. The number of carbonyl (C=O) groups excluding carboxylic acids is 2. The standard InChI is InChI=1S/C20H38N6O3.HI/c1-16(2)23-18(27)15-25-8-10-26(11-9-25)20(22-14-19(28)24(3)4)21-13-17-7-5-6-12-29-17;/h16-17H,5-15H2,1-4H3,(H,21,22)(H,23,27);1H. The fourth-order valence-corrected chi connectivity index (χ4v) is 3.41. The molecule has 2 aliphatic rings. The van der Waals surface area contributed by atoms with E-state index < -0.39 is 0 Å². The monoisotopic (exact) mass is 538 g/mol. The predicted octanol–water partition coefficient (Wildman–Crippen LogP) is 0.350. The first kappa shape index (κ1) is 26.9. The van der Waals surface area contributed by atoms with Gasteiger partial charge in [-0.3, -0.25) is 14.5 Å². The summed E-state index contributed by atoms with van der Waals surface area (Å²) in [5, 5.41) is 6.36. The second kappa shape index (κ2) is 14.0. The first-order chi connectivity index (χ1) is 13.8. The number of nitrogens with zero attached hydrogens (tertiary/aromatic N) is 4. The summed E-state index contributed by atoms with van der Waals surface area (Å²) in [5.41, 5.74) is 0. The molecule has 0 bridgehead atoms. The highest BCUT2D eigenvalue weighted by molar-refractivity contribution is 14.0. The first-order valence-electron chi connectivity index (χ1n) is 10.7. The zero-order valence-corrected chi connectivity index (χ0v) is 21.2. The van der Waals surface area contributed by atoms with Crippen molar-refractivity contribution in [2.75, 3.05) is 66.5 Å². The summed E-state index contributed by atoms with van der Waals surface area (Å²) in [6.45, 7) is 9.09. The van der Waals surface area contributed by atoms with E-state index in [4.69, 9.17) is 4.74 Å².